The van der Waals surface area contributed by atoms with Gasteiger partial charge in [0, 0.05) is 29.0 Å². The Balaban J connectivity index is 1.62. The molecular weight excluding hydrogens is 375 g/mol. The van der Waals surface area contributed by atoms with E-state index in [-0.39, 0.29) is 5.82 Å². The molecule has 6 heteroatoms. The van der Waals surface area contributed by atoms with Crippen LogP contribution in [0.15, 0.2) is 48.7 Å². The molecule has 0 saturated carbocycles. The number of likely N-dealkylation sites (tertiary alicyclic amines) is 1. The van der Waals surface area contributed by atoms with Gasteiger partial charge in [0.25, 0.3) is 0 Å². The van der Waals surface area contributed by atoms with Crippen LogP contribution in [0.1, 0.15) is 24.3 Å². The molecule has 3 aromatic rings. The third kappa shape index (κ3) is 3.90. The first-order valence-corrected chi connectivity index (χ1v) is 9.90. The lowest BCUT2D eigenvalue weighted by Crippen LogP contribution is -2.39. The van der Waals surface area contributed by atoms with Crippen molar-refractivity contribution in [3.8, 4) is 11.8 Å². The maximum absolute atomic E-state index is 13.4. The van der Waals surface area contributed by atoms with Gasteiger partial charge in [0.05, 0.1) is 18.1 Å². The van der Waals surface area contributed by atoms with E-state index >= 15 is 0 Å². The fourth-order valence-electron chi connectivity index (χ4n) is 4.04. The minimum absolute atomic E-state index is 0.235. The number of rotatable bonds is 5. The maximum Gasteiger partial charge on any atom is 0.123 e. The molecule has 28 heavy (non-hydrogen) atoms. The summed E-state index contributed by atoms with van der Waals surface area (Å²) in [7, 11) is 0. The average molecular weight is 397 g/mol. The molecule has 4 nitrogen and oxygen atoms in total. The third-order valence-electron chi connectivity index (χ3n) is 5.47. The number of halogens is 2. The molecule has 0 bridgehead atoms. The van der Waals surface area contributed by atoms with Crippen LogP contribution in [-0.2, 0) is 0 Å². The highest BCUT2D eigenvalue weighted by molar-refractivity contribution is 6.31. The molecule has 1 aliphatic rings. The van der Waals surface area contributed by atoms with Crippen molar-refractivity contribution in [3.05, 3.63) is 65.1 Å². The van der Waals surface area contributed by atoms with Gasteiger partial charge in [-0.1, -0.05) is 11.6 Å². The summed E-state index contributed by atoms with van der Waals surface area (Å²) >= 11 is 6.30. The van der Waals surface area contributed by atoms with Gasteiger partial charge in [-0.15, -0.1) is 0 Å². The number of hydrogen-bond donors (Lipinski definition) is 1. The summed E-state index contributed by atoms with van der Waals surface area (Å²) < 4.78 is 15.5. The van der Waals surface area contributed by atoms with Crippen molar-refractivity contribution in [1.29, 1.82) is 5.26 Å². The summed E-state index contributed by atoms with van der Waals surface area (Å²) in [5.41, 5.74) is 3.33. The first-order chi connectivity index (χ1) is 13.7. The zero-order valence-electron chi connectivity index (χ0n) is 15.5. The van der Waals surface area contributed by atoms with Crippen molar-refractivity contribution in [1.82, 2.24) is 14.8 Å². The Kier molecular flexibility index (Phi) is 5.63. The second-order valence-corrected chi connectivity index (χ2v) is 7.66. The molecule has 1 saturated heterocycles. The van der Waals surface area contributed by atoms with Crippen molar-refractivity contribution in [2.24, 2.45) is 0 Å². The fourth-order valence-corrected chi connectivity index (χ4v) is 4.21. The minimum atomic E-state index is -0.235. The number of piperidine rings is 1. The summed E-state index contributed by atoms with van der Waals surface area (Å²) in [5, 5.41) is 13.7. The van der Waals surface area contributed by atoms with E-state index in [2.05, 4.69) is 27.0 Å². The van der Waals surface area contributed by atoms with Crippen LogP contribution in [0.5, 0.6) is 0 Å². The maximum atomic E-state index is 13.4. The van der Waals surface area contributed by atoms with Gasteiger partial charge in [-0.2, -0.15) is 5.26 Å². The van der Waals surface area contributed by atoms with Crippen LogP contribution in [0.2, 0.25) is 5.02 Å². The predicted molar refractivity (Wildman–Crippen MR) is 110 cm³/mol. The highest BCUT2D eigenvalue weighted by Crippen LogP contribution is 2.36. The Morgan fingerprint density at radius 2 is 1.89 bits per heavy atom. The van der Waals surface area contributed by atoms with Crippen molar-refractivity contribution >= 4 is 22.5 Å². The van der Waals surface area contributed by atoms with Gasteiger partial charge in [-0.3, -0.25) is 10.2 Å². The summed E-state index contributed by atoms with van der Waals surface area (Å²) in [6.07, 6.45) is 4.30. The van der Waals surface area contributed by atoms with Gasteiger partial charge in [0.2, 0.25) is 0 Å². The van der Waals surface area contributed by atoms with E-state index < -0.39 is 0 Å². The lowest BCUT2D eigenvalue weighted by Gasteiger charge is -2.31. The normalized spacial score (nSPS) is 15.8. The number of benzene rings is 2. The topological polar surface area (TPSA) is 44.0 Å². The molecule has 0 amide bonds. The first kappa shape index (κ1) is 18.9. The molecule has 2 heterocycles. The summed E-state index contributed by atoms with van der Waals surface area (Å²) in [5.74, 6) is 0.218. The van der Waals surface area contributed by atoms with Crippen molar-refractivity contribution in [2.45, 2.75) is 18.8 Å². The van der Waals surface area contributed by atoms with E-state index in [0.717, 1.165) is 54.2 Å². The zero-order chi connectivity index (χ0) is 19.5. The Morgan fingerprint density at radius 3 is 2.61 bits per heavy atom. The monoisotopic (exact) mass is 396 g/mol. The minimum Gasteiger partial charge on any atom is -0.316 e. The molecule has 1 aliphatic heterocycles. The van der Waals surface area contributed by atoms with E-state index in [1.807, 2.05) is 18.2 Å². The fraction of sp³-hybridized carbons (Fsp3) is 0.318. The highest BCUT2D eigenvalue weighted by Gasteiger charge is 2.24. The van der Waals surface area contributed by atoms with Gasteiger partial charge in [-0.05, 0) is 79.9 Å². The molecule has 4 rings (SSSR count). The SMILES string of the molecule is N#CCNCN1CCC(c2cn(-c3ccc(F)cc3)c3ccc(Cl)cc23)CC1. The van der Waals surface area contributed by atoms with Crippen LogP contribution >= 0.6 is 11.6 Å². The molecule has 1 aromatic heterocycles. The van der Waals surface area contributed by atoms with Crippen LogP contribution in [0.3, 0.4) is 0 Å². The lowest BCUT2D eigenvalue weighted by atomic mass is 9.89. The molecule has 1 fully saturated rings. The van der Waals surface area contributed by atoms with E-state index in [4.69, 9.17) is 16.9 Å². The highest BCUT2D eigenvalue weighted by atomic mass is 35.5. The molecule has 0 unspecified atom stereocenters. The van der Waals surface area contributed by atoms with E-state index in [0.29, 0.717) is 12.5 Å². The number of aromatic nitrogens is 1. The molecule has 2 aromatic carbocycles. The van der Waals surface area contributed by atoms with Crippen molar-refractivity contribution in [3.63, 3.8) is 0 Å². The molecular formula is C22H22ClFN4. The average Bonchev–Trinajstić information content (AvgIpc) is 3.08. The first-order valence-electron chi connectivity index (χ1n) is 9.52. The van der Waals surface area contributed by atoms with Gasteiger partial charge in [0.15, 0.2) is 0 Å². The molecule has 0 spiro atoms. The zero-order valence-corrected chi connectivity index (χ0v) is 16.3. The quantitative estimate of drug-likeness (QED) is 0.503. The van der Waals surface area contributed by atoms with Crippen LogP contribution in [0, 0.1) is 17.1 Å². The second-order valence-electron chi connectivity index (χ2n) is 7.23. The number of hydrogen-bond acceptors (Lipinski definition) is 3. The smallest absolute Gasteiger partial charge is 0.123 e. The molecule has 1 N–H and O–H groups in total. The van der Waals surface area contributed by atoms with Gasteiger partial charge < -0.3 is 4.57 Å². The summed E-state index contributed by atoms with van der Waals surface area (Å²) in [4.78, 5) is 2.35. The number of nitrogens with one attached hydrogen (secondary N) is 1. The Hall–Kier alpha value is -2.39. The van der Waals surface area contributed by atoms with E-state index in [1.165, 1.54) is 17.7 Å². The van der Waals surface area contributed by atoms with Crippen molar-refractivity contribution < 1.29 is 4.39 Å². The Morgan fingerprint density at radius 1 is 1.14 bits per heavy atom. The van der Waals surface area contributed by atoms with Crippen molar-refractivity contribution in [2.75, 3.05) is 26.3 Å². The number of nitrogens with zero attached hydrogens (tertiary/aromatic N) is 3. The predicted octanol–water partition coefficient (Wildman–Crippen LogP) is 4.67. The lowest BCUT2D eigenvalue weighted by molar-refractivity contribution is 0.201. The second kappa shape index (κ2) is 8.32. The van der Waals surface area contributed by atoms with Crippen LogP contribution in [0.25, 0.3) is 16.6 Å². The number of nitriles is 1. The van der Waals surface area contributed by atoms with Crippen LogP contribution in [0.4, 0.5) is 4.39 Å². The van der Waals surface area contributed by atoms with E-state index in [9.17, 15) is 4.39 Å². The standard InChI is InChI=1S/C22H22ClFN4/c23-17-1-6-22-20(13-17)21(14-28(22)19-4-2-18(24)3-5-19)16-7-11-27(12-8-16)15-26-10-9-25/h1-6,13-14,16,26H,7-8,10-12,15H2. The van der Waals surface area contributed by atoms with Gasteiger partial charge in [-0.25, -0.2) is 4.39 Å². The summed E-state index contributed by atoms with van der Waals surface area (Å²) in [6.45, 7) is 3.12. The third-order valence-corrected chi connectivity index (χ3v) is 5.70. The molecule has 0 radical (unpaired) electrons. The number of fused-ring (bicyclic) bond motifs is 1. The van der Waals surface area contributed by atoms with Gasteiger partial charge >= 0.3 is 0 Å². The Bertz CT molecular complexity index is 998. The van der Waals surface area contributed by atoms with E-state index in [1.54, 1.807) is 12.1 Å². The summed E-state index contributed by atoms with van der Waals surface area (Å²) in [6, 6.07) is 14.7. The molecule has 0 atom stereocenters. The van der Waals surface area contributed by atoms with Gasteiger partial charge in [0.1, 0.15) is 5.82 Å². The van der Waals surface area contributed by atoms with Crippen LogP contribution < -0.4 is 5.32 Å². The van der Waals surface area contributed by atoms with Crippen LogP contribution in [-0.4, -0.2) is 35.8 Å². The largest absolute Gasteiger partial charge is 0.316 e. The Labute approximate surface area is 169 Å². The molecule has 144 valence electrons. The molecule has 0 aliphatic carbocycles.